The highest BCUT2D eigenvalue weighted by Gasteiger charge is 2.17. The predicted octanol–water partition coefficient (Wildman–Crippen LogP) is 3.39. The van der Waals surface area contributed by atoms with Crippen molar-refractivity contribution in [1.29, 1.82) is 0 Å². The van der Waals surface area contributed by atoms with E-state index in [1.807, 2.05) is 18.2 Å². The van der Waals surface area contributed by atoms with Crippen molar-refractivity contribution in [1.82, 2.24) is 19.6 Å². The van der Waals surface area contributed by atoms with Gasteiger partial charge < -0.3 is 4.74 Å². The largest absolute Gasteiger partial charge is 0.478 e. The molecule has 0 aliphatic rings. The van der Waals surface area contributed by atoms with Gasteiger partial charge in [-0.1, -0.05) is 22.0 Å². The maximum Gasteiger partial charge on any atom is 0.333 e. The number of methoxy groups -OCH3 is 1. The second-order valence-corrected chi connectivity index (χ2v) is 4.88. The summed E-state index contributed by atoms with van der Waals surface area (Å²) >= 11 is 3.42. The summed E-state index contributed by atoms with van der Waals surface area (Å²) in [6.07, 6.45) is 2.93. The molecule has 3 aromatic rings. The molecule has 2 heterocycles. The molecular weight excluding hydrogens is 334 g/mol. The Balaban J connectivity index is 2.17. The first-order chi connectivity index (χ1) is 9.60. The Bertz CT molecular complexity index is 768. The Morgan fingerprint density at radius 1 is 1.25 bits per heavy atom. The van der Waals surface area contributed by atoms with Gasteiger partial charge >= 0.3 is 6.55 Å². The monoisotopic (exact) mass is 342 g/mol. The van der Waals surface area contributed by atoms with Crippen LogP contribution >= 0.6 is 15.9 Å². The van der Waals surface area contributed by atoms with Crippen LogP contribution in [0.1, 0.15) is 6.55 Å². The van der Waals surface area contributed by atoms with E-state index in [4.69, 9.17) is 4.74 Å². The zero-order valence-electron chi connectivity index (χ0n) is 10.3. The highest BCUT2D eigenvalue weighted by atomic mass is 79.9. The van der Waals surface area contributed by atoms with Gasteiger partial charge in [-0.2, -0.15) is 13.9 Å². The summed E-state index contributed by atoms with van der Waals surface area (Å²) in [5.74, 6) is 0.0919. The minimum atomic E-state index is -2.73. The number of alkyl halides is 2. The van der Waals surface area contributed by atoms with Crippen molar-refractivity contribution in [2.75, 3.05) is 7.11 Å². The van der Waals surface area contributed by atoms with Gasteiger partial charge in [0, 0.05) is 16.1 Å². The van der Waals surface area contributed by atoms with E-state index in [0.29, 0.717) is 10.4 Å². The van der Waals surface area contributed by atoms with Crippen molar-refractivity contribution >= 4 is 26.8 Å². The highest BCUT2D eigenvalue weighted by Crippen LogP contribution is 2.28. The van der Waals surface area contributed by atoms with E-state index in [2.05, 4.69) is 26.1 Å². The third-order valence-corrected chi connectivity index (χ3v) is 3.51. The van der Waals surface area contributed by atoms with Gasteiger partial charge in [-0.15, -0.1) is 5.10 Å². The summed E-state index contributed by atoms with van der Waals surface area (Å²) in [6.45, 7) is -2.73. The van der Waals surface area contributed by atoms with Gasteiger partial charge in [-0.05, 0) is 12.1 Å². The molecule has 1 aromatic carbocycles. The molecular formula is C12H9BrF2N4O. The lowest BCUT2D eigenvalue weighted by molar-refractivity contribution is 0.0553. The zero-order chi connectivity index (χ0) is 14.3. The van der Waals surface area contributed by atoms with E-state index >= 15 is 0 Å². The molecule has 0 saturated heterocycles. The molecule has 20 heavy (non-hydrogen) atoms. The Morgan fingerprint density at radius 3 is 2.70 bits per heavy atom. The quantitative estimate of drug-likeness (QED) is 0.732. The van der Waals surface area contributed by atoms with Crippen LogP contribution in [0.25, 0.3) is 16.6 Å². The summed E-state index contributed by atoms with van der Waals surface area (Å²) in [6, 6.07) is 5.57. The lowest BCUT2D eigenvalue weighted by Gasteiger charge is -1.98. The summed E-state index contributed by atoms with van der Waals surface area (Å²) in [4.78, 5) is 0. The van der Waals surface area contributed by atoms with Gasteiger partial charge in [0.25, 0.3) is 5.88 Å². The Hall–Kier alpha value is -1.96. The molecule has 0 spiro atoms. The number of ether oxygens (including phenoxy) is 1. The fraction of sp³-hybridized carbons (Fsp3) is 0.167. The van der Waals surface area contributed by atoms with E-state index in [0.717, 1.165) is 15.4 Å². The number of benzene rings is 1. The molecule has 8 heteroatoms. The SMILES string of the molecule is COc1nn(C(F)F)cc1-n1cc2c(Br)cccc2n1. The summed E-state index contributed by atoms with van der Waals surface area (Å²) in [5, 5.41) is 8.88. The van der Waals surface area contributed by atoms with Gasteiger partial charge in [0.05, 0.1) is 18.8 Å². The average molecular weight is 343 g/mol. The molecule has 3 rings (SSSR count). The van der Waals surface area contributed by atoms with Crippen LogP contribution in [0.15, 0.2) is 35.1 Å². The molecule has 0 amide bonds. The topological polar surface area (TPSA) is 44.9 Å². The fourth-order valence-electron chi connectivity index (χ4n) is 1.90. The molecule has 0 atom stereocenters. The molecule has 0 N–H and O–H groups in total. The van der Waals surface area contributed by atoms with Crippen LogP contribution in [0.3, 0.4) is 0 Å². The normalized spacial score (nSPS) is 11.4. The Morgan fingerprint density at radius 2 is 2.05 bits per heavy atom. The zero-order valence-corrected chi connectivity index (χ0v) is 11.9. The second kappa shape index (κ2) is 4.86. The lowest BCUT2D eigenvalue weighted by atomic mass is 10.3. The second-order valence-electron chi connectivity index (χ2n) is 4.03. The van der Waals surface area contributed by atoms with Gasteiger partial charge in [0.2, 0.25) is 0 Å². The van der Waals surface area contributed by atoms with E-state index in [-0.39, 0.29) is 5.88 Å². The molecule has 0 aliphatic carbocycles. The van der Waals surface area contributed by atoms with Crippen LogP contribution in [-0.2, 0) is 0 Å². The first kappa shape index (κ1) is 13.0. The third-order valence-electron chi connectivity index (χ3n) is 2.82. The van der Waals surface area contributed by atoms with E-state index in [1.165, 1.54) is 18.0 Å². The van der Waals surface area contributed by atoms with Gasteiger partial charge in [0.1, 0.15) is 5.69 Å². The van der Waals surface area contributed by atoms with Crippen LogP contribution < -0.4 is 4.74 Å². The van der Waals surface area contributed by atoms with Crippen molar-refractivity contribution in [2.24, 2.45) is 0 Å². The highest BCUT2D eigenvalue weighted by molar-refractivity contribution is 9.10. The number of hydrogen-bond donors (Lipinski definition) is 0. The lowest BCUT2D eigenvalue weighted by Crippen LogP contribution is -1.98. The van der Waals surface area contributed by atoms with Crippen molar-refractivity contribution in [3.8, 4) is 11.6 Å². The molecule has 0 unspecified atom stereocenters. The van der Waals surface area contributed by atoms with Gasteiger partial charge in [-0.3, -0.25) is 0 Å². The maximum absolute atomic E-state index is 12.7. The number of hydrogen-bond acceptors (Lipinski definition) is 3. The summed E-state index contributed by atoms with van der Waals surface area (Å²) in [5.41, 5.74) is 1.10. The minimum absolute atomic E-state index is 0.0919. The van der Waals surface area contributed by atoms with Crippen LogP contribution in [0.2, 0.25) is 0 Å². The standard InChI is InChI=1S/C12H9BrF2N4O/c1-20-11-10(6-19(17-11)12(14)15)18-5-7-8(13)3-2-4-9(7)16-18/h2-6,12H,1H3. The average Bonchev–Trinajstić information content (AvgIpc) is 3.02. The van der Waals surface area contributed by atoms with Crippen molar-refractivity contribution in [2.45, 2.75) is 6.55 Å². The first-order valence-electron chi connectivity index (χ1n) is 5.65. The third kappa shape index (κ3) is 2.05. The predicted molar refractivity (Wildman–Crippen MR) is 72.4 cm³/mol. The van der Waals surface area contributed by atoms with Gasteiger partial charge in [-0.25, -0.2) is 9.36 Å². The molecule has 0 fully saturated rings. The van der Waals surface area contributed by atoms with Crippen molar-refractivity contribution in [3.63, 3.8) is 0 Å². The van der Waals surface area contributed by atoms with Crippen molar-refractivity contribution in [3.05, 3.63) is 35.1 Å². The van der Waals surface area contributed by atoms with Crippen LogP contribution in [0, 0.1) is 0 Å². The van der Waals surface area contributed by atoms with Crippen LogP contribution in [0.4, 0.5) is 8.78 Å². The van der Waals surface area contributed by atoms with Gasteiger partial charge in [0.15, 0.2) is 0 Å². The molecule has 0 saturated carbocycles. The summed E-state index contributed by atoms with van der Waals surface area (Å²) < 4.78 is 33.3. The maximum atomic E-state index is 12.7. The number of halogens is 3. The van der Waals surface area contributed by atoms with Crippen LogP contribution in [-0.4, -0.2) is 26.7 Å². The number of nitrogens with zero attached hydrogens (tertiary/aromatic N) is 4. The molecule has 2 aromatic heterocycles. The summed E-state index contributed by atoms with van der Waals surface area (Å²) in [7, 11) is 1.38. The smallest absolute Gasteiger partial charge is 0.333 e. The number of fused-ring (bicyclic) bond motifs is 1. The Labute approximate surface area is 120 Å². The number of rotatable bonds is 3. The van der Waals surface area contributed by atoms with E-state index < -0.39 is 6.55 Å². The first-order valence-corrected chi connectivity index (χ1v) is 6.45. The van der Waals surface area contributed by atoms with E-state index in [9.17, 15) is 8.78 Å². The van der Waals surface area contributed by atoms with Crippen molar-refractivity contribution < 1.29 is 13.5 Å². The molecule has 104 valence electrons. The Kier molecular flexibility index (Phi) is 3.17. The molecule has 0 bridgehead atoms. The fourth-order valence-corrected chi connectivity index (χ4v) is 2.36. The minimum Gasteiger partial charge on any atom is -0.478 e. The number of aromatic nitrogens is 4. The van der Waals surface area contributed by atoms with E-state index in [1.54, 1.807) is 6.20 Å². The molecule has 5 nitrogen and oxygen atoms in total. The van der Waals surface area contributed by atoms with Crippen LogP contribution in [0.5, 0.6) is 5.88 Å². The molecule has 0 radical (unpaired) electrons. The molecule has 0 aliphatic heterocycles.